The fourth-order valence-corrected chi connectivity index (χ4v) is 1.68. The topological polar surface area (TPSA) is 37.8 Å². The molecule has 2 aromatic rings. The first-order valence-corrected chi connectivity index (χ1v) is 4.55. The van der Waals surface area contributed by atoms with Gasteiger partial charge in [0.1, 0.15) is 5.52 Å². The summed E-state index contributed by atoms with van der Waals surface area (Å²) in [5, 5.41) is 0.692. The van der Waals surface area contributed by atoms with Crippen molar-refractivity contribution in [2.75, 3.05) is 0 Å². The Morgan fingerprint density at radius 1 is 1.53 bits per heavy atom. The van der Waals surface area contributed by atoms with E-state index in [2.05, 4.69) is 4.98 Å². The number of nitrogens with zero attached hydrogens (tertiary/aromatic N) is 1. The molecule has 0 aliphatic rings. The number of alkyl halides is 2. The van der Waals surface area contributed by atoms with Crippen LogP contribution in [0, 0.1) is 6.92 Å². The van der Waals surface area contributed by atoms with Gasteiger partial charge < -0.3 is 9.55 Å². The maximum absolute atomic E-state index is 12.2. The Morgan fingerprint density at radius 3 is 2.93 bits per heavy atom. The van der Waals surface area contributed by atoms with E-state index in [0.29, 0.717) is 10.9 Å². The van der Waals surface area contributed by atoms with Crippen LogP contribution in [0.1, 0.15) is 5.69 Å². The normalized spacial score (nSPS) is 11.5. The van der Waals surface area contributed by atoms with Crippen LogP contribution in [0.2, 0.25) is 0 Å². The molecule has 0 saturated heterocycles. The third-order valence-corrected chi connectivity index (χ3v) is 2.23. The van der Waals surface area contributed by atoms with Crippen molar-refractivity contribution >= 4 is 10.9 Å². The molecule has 0 bridgehead atoms. The average Bonchev–Trinajstić information content (AvgIpc) is 2.46. The van der Waals surface area contributed by atoms with Crippen LogP contribution < -0.4 is 5.56 Å². The van der Waals surface area contributed by atoms with Gasteiger partial charge in [-0.2, -0.15) is 0 Å². The number of aromatic nitrogens is 2. The largest absolute Gasteiger partial charge is 0.337 e. The van der Waals surface area contributed by atoms with Crippen molar-refractivity contribution in [2.24, 2.45) is 0 Å². The Kier molecular flexibility index (Phi) is 2.30. The molecule has 80 valence electrons. The zero-order chi connectivity index (χ0) is 11.0. The van der Waals surface area contributed by atoms with Crippen molar-refractivity contribution in [1.29, 1.82) is 0 Å². The van der Waals surface area contributed by atoms with Gasteiger partial charge in [-0.25, -0.2) is 8.78 Å². The number of nitrogens with one attached hydrogen (secondary N) is 1. The standard InChI is InChI=1S/C10H10F2N2O/c1-6-4-7-2-3-14(5-8(11)12)9(7)10(15)13-6/h2-4,8H,5H2,1H3,(H,13,15). The summed E-state index contributed by atoms with van der Waals surface area (Å²) < 4.78 is 25.7. The molecular weight excluding hydrogens is 202 g/mol. The van der Waals surface area contributed by atoms with Crippen LogP contribution in [-0.4, -0.2) is 16.0 Å². The summed E-state index contributed by atoms with van der Waals surface area (Å²) in [4.78, 5) is 14.1. The second kappa shape index (κ2) is 3.49. The minimum absolute atomic E-state index is 0.306. The van der Waals surface area contributed by atoms with Crippen molar-refractivity contribution in [3.63, 3.8) is 0 Å². The van der Waals surface area contributed by atoms with Gasteiger partial charge in [0.15, 0.2) is 0 Å². The number of pyridine rings is 1. The van der Waals surface area contributed by atoms with E-state index in [4.69, 9.17) is 0 Å². The van der Waals surface area contributed by atoms with E-state index in [1.54, 1.807) is 19.1 Å². The number of fused-ring (bicyclic) bond motifs is 1. The molecule has 0 fully saturated rings. The summed E-state index contributed by atoms with van der Waals surface area (Å²) in [6.45, 7) is 1.31. The maximum Gasteiger partial charge on any atom is 0.272 e. The fourth-order valence-electron chi connectivity index (χ4n) is 1.68. The van der Waals surface area contributed by atoms with E-state index in [1.807, 2.05) is 0 Å². The first kappa shape index (κ1) is 9.89. The van der Waals surface area contributed by atoms with E-state index in [9.17, 15) is 13.6 Å². The SMILES string of the molecule is Cc1cc2ccn(CC(F)F)c2c(=O)[nH]1. The second-order valence-electron chi connectivity index (χ2n) is 3.44. The summed E-state index contributed by atoms with van der Waals surface area (Å²) in [5.74, 6) is 0. The van der Waals surface area contributed by atoms with Crippen molar-refractivity contribution in [3.8, 4) is 0 Å². The van der Waals surface area contributed by atoms with Crippen LogP contribution in [0.25, 0.3) is 10.9 Å². The third kappa shape index (κ3) is 1.77. The predicted octanol–water partition coefficient (Wildman–Crippen LogP) is 1.90. The second-order valence-corrected chi connectivity index (χ2v) is 3.44. The van der Waals surface area contributed by atoms with Crippen molar-refractivity contribution < 1.29 is 8.78 Å². The lowest BCUT2D eigenvalue weighted by Crippen LogP contribution is -2.14. The Balaban J connectivity index is 2.64. The molecule has 2 aromatic heterocycles. The molecule has 0 aromatic carbocycles. The van der Waals surface area contributed by atoms with Gasteiger partial charge in [0.2, 0.25) is 0 Å². The molecule has 0 spiro atoms. The number of H-pyrrole nitrogens is 1. The molecule has 0 unspecified atom stereocenters. The van der Waals surface area contributed by atoms with Crippen molar-refractivity contribution in [3.05, 3.63) is 34.4 Å². The zero-order valence-corrected chi connectivity index (χ0v) is 8.13. The van der Waals surface area contributed by atoms with E-state index < -0.39 is 13.0 Å². The van der Waals surface area contributed by atoms with Crippen LogP contribution in [-0.2, 0) is 6.54 Å². The molecule has 5 heteroatoms. The molecule has 0 amide bonds. The van der Waals surface area contributed by atoms with E-state index in [-0.39, 0.29) is 5.56 Å². The molecule has 0 radical (unpaired) electrons. The van der Waals surface area contributed by atoms with Gasteiger partial charge in [0.05, 0.1) is 6.54 Å². The number of hydrogen-bond donors (Lipinski definition) is 1. The predicted molar refractivity (Wildman–Crippen MR) is 53.3 cm³/mol. The lowest BCUT2D eigenvalue weighted by atomic mass is 10.3. The highest BCUT2D eigenvalue weighted by atomic mass is 19.3. The summed E-state index contributed by atoms with van der Waals surface area (Å²) in [5.41, 5.74) is 0.707. The Bertz CT molecular complexity index is 542. The number of aryl methyl sites for hydroxylation is 1. The Labute approximate surface area is 84.3 Å². The molecular formula is C10H10F2N2O. The molecule has 0 saturated carbocycles. The van der Waals surface area contributed by atoms with E-state index in [1.165, 1.54) is 10.8 Å². The van der Waals surface area contributed by atoms with Gasteiger partial charge in [-0.15, -0.1) is 0 Å². The number of aromatic amines is 1. The first-order valence-electron chi connectivity index (χ1n) is 4.55. The molecule has 3 nitrogen and oxygen atoms in total. The monoisotopic (exact) mass is 212 g/mol. The molecule has 0 atom stereocenters. The number of rotatable bonds is 2. The number of halogens is 2. The molecule has 1 N–H and O–H groups in total. The summed E-state index contributed by atoms with van der Waals surface area (Å²) in [6.07, 6.45) is -0.952. The van der Waals surface area contributed by atoms with Gasteiger partial charge in [-0.1, -0.05) is 0 Å². The van der Waals surface area contributed by atoms with Gasteiger partial charge in [-0.3, -0.25) is 4.79 Å². The lowest BCUT2D eigenvalue weighted by molar-refractivity contribution is 0.128. The molecule has 2 heterocycles. The smallest absolute Gasteiger partial charge is 0.272 e. The molecule has 15 heavy (non-hydrogen) atoms. The van der Waals surface area contributed by atoms with Crippen LogP contribution in [0.4, 0.5) is 8.78 Å². The molecule has 0 aliphatic heterocycles. The van der Waals surface area contributed by atoms with Gasteiger partial charge in [0, 0.05) is 17.3 Å². The Hall–Kier alpha value is -1.65. The minimum Gasteiger partial charge on any atom is -0.337 e. The highest BCUT2D eigenvalue weighted by Gasteiger charge is 2.10. The molecule has 2 rings (SSSR count). The van der Waals surface area contributed by atoms with E-state index in [0.717, 1.165) is 5.69 Å². The zero-order valence-electron chi connectivity index (χ0n) is 8.13. The third-order valence-electron chi connectivity index (χ3n) is 2.23. The molecule has 0 aliphatic carbocycles. The minimum atomic E-state index is -2.46. The number of hydrogen-bond acceptors (Lipinski definition) is 1. The highest BCUT2D eigenvalue weighted by molar-refractivity contribution is 5.79. The highest BCUT2D eigenvalue weighted by Crippen LogP contribution is 2.13. The van der Waals surface area contributed by atoms with Gasteiger partial charge in [0.25, 0.3) is 12.0 Å². The van der Waals surface area contributed by atoms with Crippen LogP contribution in [0.3, 0.4) is 0 Å². The van der Waals surface area contributed by atoms with Crippen LogP contribution >= 0.6 is 0 Å². The maximum atomic E-state index is 12.2. The first-order chi connectivity index (χ1) is 7.08. The van der Waals surface area contributed by atoms with Crippen LogP contribution in [0.5, 0.6) is 0 Å². The average molecular weight is 212 g/mol. The fraction of sp³-hybridized carbons (Fsp3) is 0.300. The van der Waals surface area contributed by atoms with Gasteiger partial charge >= 0.3 is 0 Å². The van der Waals surface area contributed by atoms with E-state index >= 15 is 0 Å². The van der Waals surface area contributed by atoms with Crippen molar-refractivity contribution in [1.82, 2.24) is 9.55 Å². The van der Waals surface area contributed by atoms with Crippen LogP contribution in [0.15, 0.2) is 23.1 Å². The Morgan fingerprint density at radius 2 is 2.27 bits per heavy atom. The quantitative estimate of drug-likeness (QED) is 0.811. The van der Waals surface area contributed by atoms with Crippen molar-refractivity contribution in [2.45, 2.75) is 19.9 Å². The lowest BCUT2D eigenvalue weighted by Gasteiger charge is -2.03. The summed E-state index contributed by atoms with van der Waals surface area (Å²) >= 11 is 0. The summed E-state index contributed by atoms with van der Waals surface area (Å²) in [6, 6.07) is 3.43. The summed E-state index contributed by atoms with van der Waals surface area (Å²) in [7, 11) is 0. The van der Waals surface area contributed by atoms with Gasteiger partial charge in [-0.05, 0) is 19.1 Å².